The Morgan fingerprint density at radius 2 is 2.05 bits per heavy atom. The number of hydrogen-bond donors (Lipinski definition) is 1. The van der Waals surface area contributed by atoms with Crippen LogP contribution in [-0.4, -0.2) is 20.4 Å². The molecule has 0 spiro atoms. The molecule has 1 saturated carbocycles. The fraction of sp³-hybridized carbons (Fsp3) is 0.500. The maximum Gasteiger partial charge on any atom is 0.261 e. The van der Waals surface area contributed by atoms with Gasteiger partial charge in [0, 0.05) is 22.3 Å². The number of hydrogen-bond acceptors (Lipinski definition) is 3. The Labute approximate surface area is 123 Å². The molecule has 2 rings (SSSR count). The topological polar surface area (TPSA) is 63.2 Å². The van der Waals surface area contributed by atoms with Crippen molar-refractivity contribution in [2.75, 3.05) is 0 Å². The molecule has 110 valence electrons. The number of rotatable bonds is 4. The standard InChI is InChI=1S/C14H18ClNO3S/c1-4-10-6-12(10)16-14(17)11-5-8(2)9(3)13(7-11)20(15,18)19/h5,7,10,12H,4,6H2,1-3H3,(H,16,17). The van der Waals surface area contributed by atoms with Crippen molar-refractivity contribution in [2.45, 2.75) is 44.6 Å². The van der Waals surface area contributed by atoms with E-state index < -0.39 is 9.05 Å². The van der Waals surface area contributed by atoms with E-state index in [2.05, 4.69) is 12.2 Å². The van der Waals surface area contributed by atoms with Crippen molar-refractivity contribution in [1.82, 2.24) is 5.32 Å². The van der Waals surface area contributed by atoms with Gasteiger partial charge in [0.1, 0.15) is 0 Å². The highest BCUT2D eigenvalue weighted by atomic mass is 35.7. The molecule has 0 bridgehead atoms. The highest BCUT2D eigenvalue weighted by Crippen LogP contribution is 2.33. The fourth-order valence-electron chi connectivity index (χ4n) is 2.34. The van der Waals surface area contributed by atoms with E-state index in [0.29, 0.717) is 17.0 Å². The molecule has 0 radical (unpaired) electrons. The van der Waals surface area contributed by atoms with E-state index in [0.717, 1.165) is 18.4 Å². The molecule has 1 fully saturated rings. The molecular weight excluding hydrogens is 298 g/mol. The van der Waals surface area contributed by atoms with Gasteiger partial charge in [-0.2, -0.15) is 0 Å². The maximum atomic E-state index is 12.2. The molecule has 1 aliphatic rings. The van der Waals surface area contributed by atoms with Crippen LogP contribution in [0, 0.1) is 19.8 Å². The van der Waals surface area contributed by atoms with Gasteiger partial charge in [-0.05, 0) is 49.4 Å². The summed E-state index contributed by atoms with van der Waals surface area (Å²) in [5.74, 6) is 0.303. The average molecular weight is 316 g/mol. The van der Waals surface area contributed by atoms with Crippen LogP contribution in [-0.2, 0) is 9.05 Å². The Morgan fingerprint density at radius 3 is 2.55 bits per heavy atom. The zero-order valence-electron chi connectivity index (χ0n) is 11.7. The summed E-state index contributed by atoms with van der Waals surface area (Å²) in [4.78, 5) is 12.2. The van der Waals surface area contributed by atoms with Gasteiger partial charge in [-0.15, -0.1) is 0 Å². The summed E-state index contributed by atoms with van der Waals surface area (Å²) in [6.07, 6.45) is 2.03. The van der Waals surface area contributed by atoms with E-state index in [1.165, 1.54) is 6.07 Å². The molecule has 1 amide bonds. The highest BCUT2D eigenvalue weighted by molar-refractivity contribution is 8.13. The van der Waals surface area contributed by atoms with Crippen LogP contribution in [0.1, 0.15) is 41.3 Å². The van der Waals surface area contributed by atoms with Crippen LogP contribution in [0.3, 0.4) is 0 Å². The van der Waals surface area contributed by atoms with Crippen LogP contribution < -0.4 is 5.32 Å². The van der Waals surface area contributed by atoms with Gasteiger partial charge >= 0.3 is 0 Å². The van der Waals surface area contributed by atoms with Crippen LogP contribution in [0.4, 0.5) is 0 Å². The quantitative estimate of drug-likeness (QED) is 0.869. The van der Waals surface area contributed by atoms with E-state index in [-0.39, 0.29) is 16.8 Å². The largest absolute Gasteiger partial charge is 0.349 e. The second-order valence-corrected chi connectivity index (χ2v) is 7.87. The number of carbonyl (C=O) groups excluding carboxylic acids is 1. The van der Waals surface area contributed by atoms with E-state index in [4.69, 9.17) is 10.7 Å². The number of carbonyl (C=O) groups is 1. The molecule has 4 nitrogen and oxygen atoms in total. The first-order valence-corrected chi connectivity index (χ1v) is 8.91. The van der Waals surface area contributed by atoms with Crippen molar-refractivity contribution in [3.63, 3.8) is 0 Å². The minimum absolute atomic E-state index is 0.00663. The molecule has 2 unspecified atom stereocenters. The Hall–Kier alpha value is -1.07. The third-order valence-electron chi connectivity index (χ3n) is 3.91. The van der Waals surface area contributed by atoms with Crippen LogP contribution in [0.15, 0.2) is 17.0 Å². The monoisotopic (exact) mass is 315 g/mol. The Bertz CT molecular complexity index is 655. The summed E-state index contributed by atoms with van der Waals surface area (Å²) < 4.78 is 23.1. The summed E-state index contributed by atoms with van der Waals surface area (Å²) in [6.45, 7) is 5.54. The predicted octanol–water partition coefficient (Wildman–Crippen LogP) is 2.76. The third kappa shape index (κ3) is 3.15. The van der Waals surface area contributed by atoms with Crippen molar-refractivity contribution in [3.8, 4) is 0 Å². The lowest BCUT2D eigenvalue weighted by atomic mass is 10.1. The molecule has 20 heavy (non-hydrogen) atoms. The lowest BCUT2D eigenvalue weighted by molar-refractivity contribution is 0.0948. The van der Waals surface area contributed by atoms with E-state index in [1.54, 1.807) is 19.9 Å². The van der Waals surface area contributed by atoms with Crippen LogP contribution in [0.2, 0.25) is 0 Å². The van der Waals surface area contributed by atoms with Crippen LogP contribution in [0.5, 0.6) is 0 Å². The summed E-state index contributed by atoms with van der Waals surface area (Å²) in [5.41, 5.74) is 1.66. The molecular formula is C14H18ClNO3S. The maximum absolute atomic E-state index is 12.2. The summed E-state index contributed by atoms with van der Waals surface area (Å²) >= 11 is 0. The second kappa shape index (κ2) is 5.37. The van der Waals surface area contributed by atoms with Gasteiger partial charge in [0.15, 0.2) is 0 Å². The Morgan fingerprint density at radius 1 is 1.40 bits per heavy atom. The number of amides is 1. The number of benzene rings is 1. The van der Waals surface area contributed by atoms with Crippen LogP contribution in [0.25, 0.3) is 0 Å². The average Bonchev–Trinajstić information content (AvgIpc) is 3.09. The smallest absolute Gasteiger partial charge is 0.261 e. The van der Waals surface area contributed by atoms with Crippen LogP contribution >= 0.6 is 10.7 Å². The van der Waals surface area contributed by atoms with Crippen molar-refractivity contribution in [3.05, 3.63) is 28.8 Å². The van der Waals surface area contributed by atoms with Crippen molar-refractivity contribution < 1.29 is 13.2 Å². The first kappa shape index (κ1) is 15.3. The van der Waals surface area contributed by atoms with Gasteiger partial charge in [-0.25, -0.2) is 8.42 Å². The minimum atomic E-state index is -3.85. The predicted molar refractivity (Wildman–Crippen MR) is 78.6 cm³/mol. The lowest BCUT2D eigenvalue weighted by Crippen LogP contribution is -2.27. The molecule has 0 saturated heterocycles. The van der Waals surface area contributed by atoms with Gasteiger partial charge in [-0.1, -0.05) is 13.3 Å². The SMILES string of the molecule is CCC1CC1NC(=O)c1cc(C)c(C)c(S(=O)(=O)Cl)c1. The normalized spacial score (nSPS) is 21.6. The number of aryl methyl sites for hydroxylation is 1. The molecule has 0 aliphatic heterocycles. The molecule has 1 aromatic carbocycles. The lowest BCUT2D eigenvalue weighted by Gasteiger charge is -2.10. The first-order valence-electron chi connectivity index (χ1n) is 6.60. The van der Waals surface area contributed by atoms with Gasteiger partial charge in [0.2, 0.25) is 0 Å². The zero-order valence-corrected chi connectivity index (χ0v) is 13.3. The zero-order chi connectivity index (χ0) is 15.1. The molecule has 0 aromatic heterocycles. The molecule has 1 N–H and O–H groups in total. The molecule has 1 aliphatic carbocycles. The van der Waals surface area contributed by atoms with Gasteiger partial charge < -0.3 is 5.32 Å². The molecule has 6 heteroatoms. The van der Waals surface area contributed by atoms with Crippen molar-refractivity contribution in [1.29, 1.82) is 0 Å². The van der Waals surface area contributed by atoms with E-state index >= 15 is 0 Å². The van der Waals surface area contributed by atoms with Crippen molar-refractivity contribution in [2.24, 2.45) is 5.92 Å². The highest BCUT2D eigenvalue weighted by Gasteiger charge is 2.36. The number of halogens is 1. The first-order chi connectivity index (χ1) is 9.24. The fourth-order valence-corrected chi connectivity index (χ4v) is 3.61. The van der Waals surface area contributed by atoms with Gasteiger partial charge in [0.25, 0.3) is 15.0 Å². The second-order valence-electron chi connectivity index (χ2n) is 5.34. The summed E-state index contributed by atoms with van der Waals surface area (Å²) in [6, 6.07) is 3.26. The number of nitrogens with one attached hydrogen (secondary N) is 1. The molecule has 0 heterocycles. The third-order valence-corrected chi connectivity index (χ3v) is 5.36. The Balaban J connectivity index is 2.29. The Kier molecular flexibility index (Phi) is 4.12. The van der Waals surface area contributed by atoms with Gasteiger partial charge in [-0.3, -0.25) is 4.79 Å². The van der Waals surface area contributed by atoms with E-state index in [9.17, 15) is 13.2 Å². The van der Waals surface area contributed by atoms with Crippen molar-refractivity contribution >= 4 is 25.6 Å². The minimum Gasteiger partial charge on any atom is -0.349 e. The summed E-state index contributed by atoms with van der Waals surface area (Å²) in [7, 11) is 1.57. The summed E-state index contributed by atoms with van der Waals surface area (Å²) in [5, 5.41) is 2.92. The van der Waals surface area contributed by atoms with Gasteiger partial charge in [0.05, 0.1) is 4.90 Å². The van der Waals surface area contributed by atoms with E-state index in [1.807, 2.05) is 0 Å². The molecule has 1 aromatic rings. The molecule has 2 atom stereocenters.